The van der Waals surface area contributed by atoms with Crippen molar-refractivity contribution in [2.24, 2.45) is 0 Å². The van der Waals surface area contributed by atoms with Gasteiger partial charge in [0.2, 0.25) is 0 Å². The summed E-state index contributed by atoms with van der Waals surface area (Å²) < 4.78 is 88.4. The maximum absolute atomic E-state index is 13.7. The summed E-state index contributed by atoms with van der Waals surface area (Å²) in [6.45, 7) is 0. The molecule has 10 nitrogen and oxygen atoms in total. The Bertz CT molecular complexity index is 2290. The van der Waals surface area contributed by atoms with E-state index in [1.807, 2.05) is 0 Å². The molecule has 1 heterocycles. The second-order valence-electron chi connectivity index (χ2n) is 9.59. The highest BCUT2D eigenvalue weighted by atomic mass is 32.2. The van der Waals surface area contributed by atoms with Gasteiger partial charge in [0, 0.05) is 33.4 Å². The lowest BCUT2D eigenvalue weighted by molar-refractivity contribution is 0.598. The van der Waals surface area contributed by atoms with Crippen LogP contribution < -0.4 is 14.2 Å². The van der Waals surface area contributed by atoms with Crippen LogP contribution in [0.1, 0.15) is 0 Å². The minimum Gasteiger partial charge on any atom is -0.353 e. The molecule has 0 aliphatic heterocycles. The fraction of sp³-hybridized carbons (Fsp3) is 0. The van der Waals surface area contributed by atoms with Crippen molar-refractivity contribution in [3.63, 3.8) is 0 Å². The first kappa shape index (κ1) is 28.3. The number of rotatable bonds is 9. The normalized spacial score (nSPS) is 12.3. The summed E-state index contributed by atoms with van der Waals surface area (Å²) in [5, 5.41) is 0.523. The molecule has 0 spiro atoms. The Morgan fingerprint density at radius 2 is 0.884 bits per heavy atom. The van der Waals surface area contributed by atoms with Gasteiger partial charge in [0.05, 0.1) is 15.3 Å². The van der Waals surface area contributed by atoms with E-state index in [0.29, 0.717) is 16.6 Å². The van der Waals surface area contributed by atoms with Gasteiger partial charge in [-0.1, -0.05) is 54.6 Å². The van der Waals surface area contributed by atoms with Crippen LogP contribution in [0.4, 0.5) is 17.1 Å². The van der Waals surface area contributed by atoms with E-state index in [2.05, 4.69) is 19.2 Å². The first-order valence-electron chi connectivity index (χ1n) is 12.8. The standard InChI is InChI=1S/C30H24N4O6S3/c35-41(36,32-21-10-4-1-5-11-21)24-16-17-28-26(18-24)27-19-25(42(37,38)33-22-12-6-2-7-13-22)20-29(30(27)31-28)43(39,40)34-23-14-8-3-9-15-23/h1-20,31-34H. The lowest BCUT2D eigenvalue weighted by Gasteiger charge is -2.13. The van der Waals surface area contributed by atoms with Crippen LogP contribution in [0, 0.1) is 0 Å². The van der Waals surface area contributed by atoms with Gasteiger partial charge >= 0.3 is 0 Å². The Balaban J connectivity index is 1.54. The van der Waals surface area contributed by atoms with Gasteiger partial charge in [0.25, 0.3) is 30.1 Å². The largest absolute Gasteiger partial charge is 0.353 e. The summed E-state index contributed by atoms with van der Waals surface area (Å²) in [5.74, 6) is 0. The van der Waals surface area contributed by atoms with E-state index in [-0.39, 0.29) is 37.0 Å². The zero-order valence-corrected chi connectivity index (χ0v) is 24.7. The van der Waals surface area contributed by atoms with Gasteiger partial charge in [-0.2, -0.15) is 0 Å². The van der Waals surface area contributed by atoms with Gasteiger partial charge in [-0.15, -0.1) is 0 Å². The predicted octanol–water partition coefficient (Wildman–Crippen LogP) is 5.72. The highest BCUT2D eigenvalue weighted by molar-refractivity contribution is 7.93. The van der Waals surface area contributed by atoms with E-state index in [1.54, 1.807) is 91.0 Å². The number of hydrogen-bond acceptors (Lipinski definition) is 6. The summed E-state index contributed by atoms with van der Waals surface area (Å²) in [6.07, 6.45) is 0. The summed E-state index contributed by atoms with van der Waals surface area (Å²) in [4.78, 5) is 2.30. The minimum absolute atomic E-state index is 0.0905. The van der Waals surface area contributed by atoms with E-state index in [1.165, 1.54) is 24.3 Å². The van der Waals surface area contributed by atoms with Crippen molar-refractivity contribution in [2.75, 3.05) is 14.2 Å². The SMILES string of the molecule is O=S(=O)(Nc1ccccc1)c1ccc2[nH]c3c(S(=O)(=O)Nc4ccccc4)cc(S(=O)(=O)Nc4ccccc4)cc3c2c1. The summed E-state index contributed by atoms with van der Waals surface area (Å²) >= 11 is 0. The molecule has 5 aromatic carbocycles. The third kappa shape index (κ3) is 5.78. The van der Waals surface area contributed by atoms with Crippen LogP contribution in [0.3, 0.4) is 0 Å². The molecule has 13 heteroatoms. The average molecular weight is 633 g/mol. The Morgan fingerprint density at radius 3 is 1.40 bits per heavy atom. The molecule has 1 aromatic heterocycles. The summed E-state index contributed by atoms with van der Waals surface area (Å²) in [6, 6.07) is 31.4. The fourth-order valence-electron chi connectivity index (χ4n) is 4.61. The molecular weight excluding hydrogens is 609 g/mol. The quantitative estimate of drug-likeness (QED) is 0.160. The zero-order chi connectivity index (χ0) is 30.2. The number of benzene rings is 5. The van der Waals surface area contributed by atoms with Crippen LogP contribution >= 0.6 is 0 Å². The molecular formula is C30H24N4O6S3. The zero-order valence-electron chi connectivity index (χ0n) is 22.2. The van der Waals surface area contributed by atoms with Gasteiger partial charge in [-0.25, -0.2) is 25.3 Å². The molecule has 4 N–H and O–H groups in total. The molecule has 0 unspecified atom stereocenters. The smallest absolute Gasteiger partial charge is 0.264 e. The monoisotopic (exact) mass is 632 g/mol. The molecule has 218 valence electrons. The van der Waals surface area contributed by atoms with E-state index < -0.39 is 30.1 Å². The third-order valence-corrected chi connectivity index (χ3v) is 10.7. The number of aromatic nitrogens is 1. The number of nitrogens with one attached hydrogen (secondary N) is 4. The Hall–Kier alpha value is -4.85. The number of hydrogen-bond donors (Lipinski definition) is 4. The molecule has 0 fully saturated rings. The highest BCUT2D eigenvalue weighted by Crippen LogP contribution is 2.35. The van der Waals surface area contributed by atoms with Gasteiger partial charge in [0.15, 0.2) is 0 Å². The van der Waals surface area contributed by atoms with Gasteiger partial charge in [-0.3, -0.25) is 14.2 Å². The highest BCUT2D eigenvalue weighted by Gasteiger charge is 2.26. The Labute approximate surface area is 248 Å². The van der Waals surface area contributed by atoms with Crippen molar-refractivity contribution < 1.29 is 25.3 Å². The number of H-pyrrole nitrogens is 1. The lowest BCUT2D eigenvalue weighted by atomic mass is 10.1. The summed E-state index contributed by atoms with van der Waals surface area (Å²) in [7, 11) is -12.6. The van der Waals surface area contributed by atoms with Crippen LogP contribution in [-0.4, -0.2) is 30.2 Å². The maximum atomic E-state index is 13.7. The van der Waals surface area contributed by atoms with Crippen LogP contribution in [0.2, 0.25) is 0 Å². The predicted molar refractivity (Wildman–Crippen MR) is 168 cm³/mol. The third-order valence-electron chi connectivity index (χ3n) is 6.60. The van der Waals surface area contributed by atoms with Gasteiger partial charge < -0.3 is 4.98 Å². The number of sulfonamides is 3. The number of para-hydroxylation sites is 3. The van der Waals surface area contributed by atoms with Crippen molar-refractivity contribution in [3.05, 3.63) is 121 Å². The molecule has 0 aliphatic carbocycles. The first-order valence-corrected chi connectivity index (χ1v) is 17.3. The van der Waals surface area contributed by atoms with Crippen LogP contribution in [0.25, 0.3) is 21.8 Å². The number of aromatic amines is 1. The summed E-state index contributed by atoms with van der Waals surface area (Å²) in [5.41, 5.74) is 1.46. The molecule has 0 atom stereocenters. The molecule has 0 saturated carbocycles. The van der Waals surface area contributed by atoms with Crippen LogP contribution in [0.15, 0.2) is 136 Å². The molecule has 0 bridgehead atoms. The van der Waals surface area contributed by atoms with Crippen molar-refractivity contribution in [1.29, 1.82) is 0 Å². The topological polar surface area (TPSA) is 154 Å². The number of fused-ring (bicyclic) bond motifs is 3. The molecule has 6 rings (SSSR count). The molecule has 6 aromatic rings. The fourth-order valence-corrected chi connectivity index (χ4v) is 8.15. The Morgan fingerprint density at radius 1 is 0.442 bits per heavy atom. The number of anilines is 3. The molecule has 0 radical (unpaired) electrons. The lowest BCUT2D eigenvalue weighted by Crippen LogP contribution is -2.17. The van der Waals surface area contributed by atoms with E-state index >= 15 is 0 Å². The molecule has 0 amide bonds. The minimum atomic E-state index is -4.33. The molecule has 0 aliphatic rings. The van der Waals surface area contributed by atoms with E-state index in [9.17, 15) is 25.3 Å². The van der Waals surface area contributed by atoms with Crippen molar-refractivity contribution in [1.82, 2.24) is 4.98 Å². The van der Waals surface area contributed by atoms with E-state index in [4.69, 9.17) is 0 Å². The second-order valence-corrected chi connectivity index (χ2v) is 14.6. The Kier molecular flexibility index (Phi) is 7.08. The van der Waals surface area contributed by atoms with Crippen molar-refractivity contribution >= 4 is 68.9 Å². The molecule has 0 saturated heterocycles. The van der Waals surface area contributed by atoms with Gasteiger partial charge in [-0.05, 0) is 66.7 Å². The van der Waals surface area contributed by atoms with Crippen molar-refractivity contribution in [2.45, 2.75) is 14.7 Å². The van der Waals surface area contributed by atoms with Gasteiger partial charge in [0.1, 0.15) is 4.90 Å². The average Bonchev–Trinajstić information content (AvgIpc) is 3.35. The van der Waals surface area contributed by atoms with Crippen molar-refractivity contribution in [3.8, 4) is 0 Å². The molecule has 43 heavy (non-hydrogen) atoms. The second kappa shape index (κ2) is 10.8. The first-order chi connectivity index (χ1) is 20.5. The van der Waals surface area contributed by atoms with Crippen LogP contribution in [0.5, 0.6) is 0 Å². The van der Waals surface area contributed by atoms with Crippen LogP contribution in [-0.2, 0) is 30.1 Å². The maximum Gasteiger partial charge on any atom is 0.264 e. The van der Waals surface area contributed by atoms with E-state index in [0.717, 1.165) is 6.07 Å².